The highest BCUT2D eigenvalue weighted by Gasteiger charge is 2.29. The summed E-state index contributed by atoms with van der Waals surface area (Å²) in [4.78, 5) is 0. The van der Waals surface area contributed by atoms with Crippen LogP contribution in [0.2, 0.25) is 0 Å². The summed E-state index contributed by atoms with van der Waals surface area (Å²) in [5.41, 5.74) is -0.365. The second-order valence-corrected chi connectivity index (χ2v) is 3.21. The summed E-state index contributed by atoms with van der Waals surface area (Å²) < 4.78 is 0. The largest absolute Gasteiger partial charge is 0.389 e. The molecule has 74 valence electrons. The van der Waals surface area contributed by atoms with Crippen molar-refractivity contribution in [2.24, 2.45) is 0 Å². The lowest BCUT2D eigenvalue weighted by Crippen LogP contribution is -2.37. The fourth-order valence-electron chi connectivity index (χ4n) is 1.57. The van der Waals surface area contributed by atoms with Crippen LogP contribution < -0.4 is 5.32 Å². The molecule has 1 aliphatic rings. The molecule has 1 rings (SSSR count). The molecule has 0 aromatic heterocycles. The van der Waals surface area contributed by atoms with E-state index in [1.807, 2.05) is 13.8 Å². The van der Waals surface area contributed by atoms with E-state index in [4.69, 9.17) is 0 Å². The highest BCUT2D eigenvalue weighted by atomic mass is 16.3. The van der Waals surface area contributed by atoms with E-state index in [1.165, 1.54) is 12.8 Å². The number of aliphatic hydroxyl groups is 1. The third-order valence-corrected chi connectivity index (χ3v) is 2.24. The van der Waals surface area contributed by atoms with Crippen LogP contribution in [0.3, 0.4) is 0 Å². The molecule has 0 saturated heterocycles. The molecule has 2 heteroatoms. The SMILES string of the molecule is CC.CCNCC1(O)CCCC1. The van der Waals surface area contributed by atoms with Gasteiger partial charge < -0.3 is 10.4 Å². The van der Waals surface area contributed by atoms with Gasteiger partial charge in [0.15, 0.2) is 0 Å². The molecule has 0 unspecified atom stereocenters. The summed E-state index contributed by atoms with van der Waals surface area (Å²) >= 11 is 0. The molecule has 2 nitrogen and oxygen atoms in total. The zero-order chi connectivity index (χ0) is 9.45. The Morgan fingerprint density at radius 2 is 1.75 bits per heavy atom. The normalized spacial score (nSPS) is 20.0. The third kappa shape index (κ3) is 4.07. The first kappa shape index (κ1) is 11.9. The zero-order valence-electron chi connectivity index (χ0n) is 8.69. The smallest absolute Gasteiger partial charge is 0.0771 e. The van der Waals surface area contributed by atoms with Crippen LogP contribution in [0.25, 0.3) is 0 Å². The van der Waals surface area contributed by atoms with Crippen LogP contribution in [0.4, 0.5) is 0 Å². The molecular weight excluding hydrogens is 150 g/mol. The molecule has 0 amide bonds. The van der Waals surface area contributed by atoms with Crippen LogP contribution in [0.1, 0.15) is 46.5 Å². The van der Waals surface area contributed by atoms with E-state index in [1.54, 1.807) is 0 Å². The van der Waals surface area contributed by atoms with Gasteiger partial charge in [-0.15, -0.1) is 0 Å². The van der Waals surface area contributed by atoms with E-state index < -0.39 is 0 Å². The predicted octanol–water partition coefficient (Wildman–Crippen LogP) is 1.93. The Morgan fingerprint density at radius 1 is 1.25 bits per heavy atom. The highest BCUT2D eigenvalue weighted by molar-refractivity contribution is 4.85. The molecule has 12 heavy (non-hydrogen) atoms. The van der Waals surface area contributed by atoms with Gasteiger partial charge >= 0.3 is 0 Å². The second-order valence-electron chi connectivity index (χ2n) is 3.21. The molecule has 0 aromatic carbocycles. The molecule has 0 heterocycles. The van der Waals surface area contributed by atoms with Crippen molar-refractivity contribution in [3.8, 4) is 0 Å². The van der Waals surface area contributed by atoms with Gasteiger partial charge in [-0.1, -0.05) is 33.6 Å². The monoisotopic (exact) mass is 173 g/mol. The van der Waals surface area contributed by atoms with Crippen molar-refractivity contribution >= 4 is 0 Å². The Hall–Kier alpha value is -0.0800. The maximum Gasteiger partial charge on any atom is 0.0771 e. The molecule has 0 bridgehead atoms. The number of hydrogen-bond acceptors (Lipinski definition) is 2. The molecule has 0 aliphatic heterocycles. The van der Waals surface area contributed by atoms with Gasteiger partial charge in [0.25, 0.3) is 0 Å². The average molecular weight is 173 g/mol. The molecule has 0 spiro atoms. The van der Waals surface area contributed by atoms with Gasteiger partial charge in [-0.25, -0.2) is 0 Å². The molecule has 2 N–H and O–H groups in total. The average Bonchev–Trinajstić information content (AvgIpc) is 2.53. The van der Waals surface area contributed by atoms with Gasteiger partial charge in [0.2, 0.25) is 0 Å². The predicted molar refractivity (Wildman–Crippen MR) is 53.3 cm³/mol. The molecule has 0 aromatic rings. The van der Waals surface area contributed by atoms with E-state index in [0.29, 0.717) is 0 Å². The van der Waals surface area contributed by atoms with Gasteiger partial charge in [-0.2, -0.15) is 0 Å². The molecule has 1 fully saturated rings. The first-order valence-corrected chi connectivity index (χ1v) is 5.20. The van der Waals surface area contributed by atoms with Crippen molar-refractivity contribution in [2.45, 2.75) is 52.1 Å². The minimum absolute atomic E-state index is 0.365. The van der Waals surface area contributed by atoms with Crippen LogP contribution >= 0.6 is 0 Å². The summed E-state index contributed by atoms with van der Waals surface area (Å²) in [6.45, 7) is 7.81. The fourth-order valence-corrected chi connectivity index (χ4v) is 1.57. The van der Waals surface area contributed by atoms with Crippen LogP contribution in [-0.4, -0.2) is 23.8 Å². The lowest BCUT2D eigenvalue weighted by atomic mass is 10.0. The van der Waals surface area contributed by atoms with Gasteiger partial charge in [-0.3, -0.25) is 0 Å². The maximum absolute atomic E-state index is 9.76. The Balaban J connectivity index is 0.000000561. The van der Waals surface area contributed by atoms with Crippen molar-refractivity contribution in [2.75, 3.05) is 13.1 Å². The Labute approximate surface area is 76.4 Å². The van der Waals surface area contributed by atoms with Gasteiger partial charge in [0.05, 0.1) is 5.60 Å². The van der Waals surface area contributed by atoms with Crippen LogP contribution in [0, 0.1) is 0 Å². The molecule has 0 radical (unpaired) electrons. The summed E-state index contributed by atoms with van der Waals surface area (Å²) in [5.74, 6) is 0. The van der Waals surface area contributed by atoms with Gasteiger partial charge in [-0.05, 0) is 19.4 Å². The van der Waals surface area contributed by atoms with E-state index in [0.717, 1.165) is 25.9 Å². The van der Waals surface area contributed by atoms with Crippen molar-refractivity contribution in [3.05, 3.63) is 0 Å². The summed E-state index contributed by atoms with van der Waals surface area (Å²) in [7, 11) is 0. The maximum atomic E-state index is 9.76. The summed E-state index contributed by atoms with van der Waals surface area (Å²) in [5, 5.41) is 12.9. The van der Waals surface area contributed by atoms with Gasteiger partial charge in [0.1, 0.15) is 0 Å². The summed E-state index contributed by atoms with van der Waals surface area (Å²) in [6.07, 6.45) is 4.36. The number of likely N-dealkylation sites (N-methyl/N-ethyl adjacent to an activating group) is 1. The minimum atomic E-state index is -0.365. The van der Waals surface area contributed by atoms with E-state index in [9.17, 15) is 5.11 Å². The van der Waals surface area contributed by atoms with Crippen molar-refractivity contribution in [3.63, 3.8) is 0 Å². The molecule has 1 saturated carbocycles. The zero-order valence-corrected chi connectivity index (χ0v) is 8.69. The van der Waals surface area contributed by atoms with E-state index in [2.05, 4.69) is 12.2 Å². The van der Waals surface area contributed by atoms with Crippen LogP contribution in [0.15, 0.2) is 0 Å². The van der Waals surface area contributed by atoms with Crippen molar-refractivity contribution in [1.29, 1.82) is 0 Å². The number of nitrogens with one attached hydrogen (secondary N) is 1. The second kappa shape index (κ2) is 6.44. The fraction of sp³-hybridized carbons (Fsp3) is 1.00. The quantitative estimate of drug-likeness (QED) is 0.683. The van der Waals surface area contributed by atoms with Crippen LogP contribution in [-0.2, 0) is 0 Å². The first-order chi connectivity index (χ1) is 5.77. The Morgan fingerprint density at radius 3 is 2.17 bits per heavy atom. The topological polar surface area (TPSA) is 32.3 Å². The lowest BCUT2D eigenvalue weighted by molar-refractivity contribution is 0.0483. The molecule has 1 aliphatic carbocycles. The van der Waals surface area contributed by atoms with Crippen molar-refractivity contribution in [1.82, 2.24) is 5.32 Å². The third-order valence-electron chi connectivity index (χ3n) is 2.24. The highest BCUT2D eigenvalue weighted by Crippen LogP contribution is 2.28. The Kier molecular flexibility index (Phi) is 6.39. The lowest BCUT2D eigenvalue weighted by Gasteiger charge is -2.21. The molecule has 0 atom stereocenters. The first-order valence-electron chi connectivity index (χ1n) is 5.20. The standard InChI is InChI=1S/C8H17NO.C2H6/c1-2-9-7-8(10)5-3-4-6-8;1-2/h9-10H,2-7H2,1H3;1-2H3. The number of rotatable bonds is 3. The molecular formula is C10H23NO. The number of hydrogen-bond donors (Lipinski definition) is 2. The van der Waals surface area contributed by atoms with Crippen molar-refractivity contribution < 1.29 is 5.11 Å². The minimum Gasteiger partial charge on any atom is -0.389 e. The summed E-state index contributed by atoms with van der Waals surface area (Å²) in [6, 6.07) is 0. The van der Waals surface area contributed by atoms with E-state index in [-0.39, 0.29) is 5.60 Å². The van der Waals surface area contributed by atoms with E-state index >= 15 is 0 Å². The Bertz CT molecular complexity index is 98.0. The van der Waals surface area contributed by atoms with Crippen LogP contribution in [0.5, 0.6) is 0 Å². The van der Waals surface area contributed by atoms with Gasteiger partial charge in [0, 0.05) is 6.54 Å².